The Morgan fingerprint density at radius 3 is 1.92 bits per heavy atom. The van der Waals surface area contributed by atoms with Crippen LogP contribution in [0.4, 0.5) is 10.5 Å². The van der Waals surface area contributed by atoms with Gasteiger partial charge in [0.25, 0.3) is 0 Å². The number of nitrogens with one attached hydrogen (secondary N) is 2. The van der Waals surface area contributed by atoms with E-state index in [2.05, 4.69) is 10.6 Å². The van der Waals surface area contributed by atoms with Gasteiger partial charge in [0.05, 0.1) is 0 Å². The Morgan fingerprint density at radius 2 is 1.44 bits per heavy atom. The van der Waals surface area contributed by atoms with Crippen molar-refractivity contribution >= 4 is 29.6 Å². The molecular formula is C15H19N3O7. The number of aliphatic carboxylic acids is 3. The van der Waals surface area contributed by atoms with Crippen molar-refractivity contribution in [3.05, 3.63) is 29.8 Å². The molecule has 1 unspecified atom stereocenters. The highest BCUT2D eigenvalue weighted by atomic mass is 16.4. The van der Waals surface area contributed by atoms with Crippen molar-refractivity contribution in [2.45, 2.75) is 31.3 Å². The van der Waals surface area contributed by atoms with E-state index in [0.29, 0.717) is 11.3 Å². The molecule has 0 saturated carbocycles. The molecule has 136 valence electrons. The number of rotatable bonds is 9. The monoisotopic (exact) mass is 353 g/mol. The quantitative estimate of drug-likeness (QED) is 0.332. The van der Waals surface area contributed by atoms with Crippen molar-refractivity contribution in [1.82, 2.24) is 10.6 Å². The summed E-state index contributed by atoms with van der Waals surface area (Å²) in [6.45, 7) is 0. The van der Waals surface area contributed by atoms with E-state index in [1.165, 1.54) is 0 Å². The van der Waals surface area contributed by atoms with Crippen LogP contribution in [0, 0.1) is 0 Å². The molecule has 0 aliphatic rings. The zero-order valence-corrected chi connectivity index (χ0v) is 13.1. The van der Waals surface area contributed by atoms with E-state index in [-0.39, 0.29) is 12.8 Å². The first-order valence-corrected chi connectivity index (χ1v) is 7.28. The average Bonchev–Trinajstić information content (AvgIpc) is 2.52. The van der Waals surface area contributed by atoms with Crippen LogP contribution in [0.3, 0.4) is 0 Å². The third kappa shape index (κ3) is 7.20. The lowest BCUT2D eigenvalue weighted by atomic mass is 10.1. The lowest BCUT2D eigenvalue weighted by Crippen LogP contribution is -2.51. The molecule has 2 atom stereocenters. The molecule has 0 bridgehead atoms. The molecule has 7 N–H and O–H groups in total. The van der Waals surface area contributed by atoms with Crippen LogP contribution in [0.2, 0.25) is 0 Å². The van der Waals surface area contributed by atoms with Crippen LogP contribution in [0.1, 0.15) is 18.4 Å². The van der Waals surface area contributed by atoms with Crippen LogP contribution in [0.15, 0.2) is 24.3 Å². The van der Waals surface area contributed by atoms with E-state index in [9.17, 15) is 24.3 Å². The van der Waals surface area contributed by atoms with Crippen molar-refractivity contribution in [1.29, 1.82) is 0 Å². The summed E-state index contributed by atoms with van der Waals surface area (Å²) < 4.78 is 0. The van der Waals surface area contributed by atoms with Gasteiger partial charge in [-0.05, 0) is 24.1 Å². The van der Waals surface area contributed by atoms with Crippen molar-refractivity contribution < 1.29 is 34.5 Å². The normalized spacial score (nSPS) is 12.6. The number of nitrogens with two attached hydrogens (primary N) is 1. The highest BCUT2D eigenvalue weighted by molar-refractivity contribution is 5.86. The van der Waals surface area contributed by atoms with Crippen LogP contribution in [0.25, 0.3) is 0 Å². The second kappa shape index (κ2) is 9.11. The van der Waals surface area contributed by atoms with Gasteiger partial charge in [0, 0.05) is 18.5 Å². The Morgan fingerprint density at radius 1 is 0.920 bits per heavy atom. The Kier molecular flexibility index (Phi) is 7.19. The Labute approximate surface area is 142 Å². The summed E-state index contributed by atoms with van der Waals surface area (Å²) in [5.74, 6) is -3.92. The zero-order valence-electron chi connectivity index (χ0n) is 13.1. The molecule has 1 aromatic carbocycles. The Balaban J connectivity index is 2.68. The first-order chi connectivity index (χ1) is 11.7. The summed E-state index contributed by atoms with van der Waals surface area (Å²) in [6, 6.07) is 2.64. The number of hydrogen-bond donors (Lipinski definition) is 6. The number of anilines is 1. The van der Waals surface area contributed by atoms with Crippen LogP contribution < -0.4 is 16.4 Å². The van der Waals surface area contributed by atoms with E-state index >= 15 is 0 Å². The second-order valence-corrected chi connectivity index (χ2v) is 5.28. The molecule has 1 aromatic rings. The molecule has 2 amide bonds. The number of carboxylic acid groups (broad SMARTS) is 3. The van der Waals surface area contributed by atoms with Crippen molar-refractivity contribution in [3.63, 3.8) is 0 Å². The molecule has 25 heavy (non-hydrogen) atoms. The fourth-order valence-corrected chi connectivity index (χ4v) is 1.97. The molecule has 0 aliphatic carbocycles. The van der Waals surface area contributed by atoms with E-state index in [0.717, 1.165) is 0 Å². The maximum atomic E-state index is 11.8. The molecule has 1 rings (SSSR count). The van der Waals surface area contributed by atoms with Gasteiger partial charge in [0.1, 0.15) is 12.1 Å². The molecule has 0 heterocycles. The van der Waals surface area contributed by atoms with Crippen LogP contribution >= 0.6 is 0 Å². The highest BCUT2D eigenvalue weighted by Crippen LogP contribution is 2.08. The van der Waals surface area contributed by atoms with E-state index < -0.39 is 42.4 Å². The van der Waals surface area contributed by atoms with Gasteiger partial charge >= 0.3 is 23.9 Å². The fourth-order valence-electron chi connectivity index (χ4n) is 1.97. The minimum Gasteiger partial charge on any atom is -0.481 e. The van der Waals surface area contributed by atoms with Crippen LogP contribution in [-0.2, 0) is 20.8 Å². The zero-order chi connectivity index (χ0) is 19.0. The number of urea groups is 1. The average molecular weight is 353 g/mol. The van der Waals surface area contributed by atoms with Gasteiger partial charge in [0.2, 0.25) is 0 Å². The maximum absolute atomic E-state index is 11.8. The third-order valence-corrected chi connectivity index (χ3v) is 3.27. The summed E-state index contributed by atoms with van der Waals surface area (Å²) in [7, 11) is 0. The lowest BCUT2D eigenvalue weighted by molar-refractivity contribution is -0.140. The predicted octanol–water partition coefficient (Wildman–Crippen LogP) is -0.118. The first kappa shape index (κ1) is 19.7. The maximum Gasteiger partial charge on any atom is 0.326 e. The summed E-state index contributed by atoms with van der Waals surface area (Å²) in [6.07, 6.45) is -0.811. The van der Waals surface area contributed by atoms with Gasteiger partial charge in [-0.1, -0.05) is 12.1 Å². The van der Waals surface area contributed by atoms with Crippen molar-refractivity contribution in [3.8, 4) is 0 Å². The topological polar surface area (TPSA) is 179 Å². The number of carbonyl (C=O) groups excluding carboxylic acids is 1. The number of carbonyl (C=O) groups is 4. The van der Waals surface area contributed by atoms with Crippen LogP contribution in [-0.4, -0.2) is 51.3 Å². The fraction of sp³-hybridized carbons (Fsp3) is 0.333. The molecule has 0 spiro atoms. The number of nitrogen functional groups attached to an aromatic ring is 1. The summed E-state index contributed by atoms with van der Waals surface area (Å²) >= 11 is 0. The molecule has 0 saturated heterocycles. The largest absolute Gasteiger partial charge is 0.481 e. The molecule has 0 fully saturated rings. The minimum absolute atomic E-state index is 0.0318. The Bertz CT molecular complexity index is 645. The van der Waals surface area contributed by atoms with Gasteiger partial charge in [0.15, 0.2) is 0 Å². The molecule has 10 heteroatoms. The predicted molar refractivity (Wildman–Crippen MR) is 85.9 cm³/mol. The summed E-state index contributed by atoms with van der Waals surface area (Å²) in [5, 5.41) is 31.0. The molecular weight excluding hydrogens is 334 g/mol. The highest BCUT2D eigenvalue weighted by Gasteiger charge is 2.25. The summed E-state index contributed by atoms with van der Waals surface area (Å²) in [4.78, 5) is 44.7. The first-order valence-electron chi connectivity index (χ1n) is 7.28. The molecule has 0 radical (unpaired) electrons. The second-order valence-electron chi connectivity index (χ2n) is 5.28. The van der Waals surface area contributed by atoms with E-state index in [1.54, 1.807) is 24.3 Å². The third-order valence-electron chi connectivity index (χ3n) is 3.27. The number of hydrogen-bond acceptors (Lipinski definition) is 5. The van der Waals surface area contributed by atoms with Crippen molar-refractivity contribution in [2.24, 2.45) is 0 Å². The lowest BCUT2D eigenvalue weighted by Gasteiger charge is -2.18. The number of amides is 2. The standard InChI is InChI=1S/C15H19N3O7/c16-9-3-1-8(2-4-9)7-11(14(23)24)18-15(25)17-10(13(21)22)5-6-12(19)20/h1-4,10-11H,5-7,16H2,(H,19,20)(H,21,22)(H,23,24)(H2,17,18,25)/t10?,11-/m0/s1. The van der Waals surface area contributed by atoms with Gasteiger partial charge in [-0.2, -0.15) is 0 Å². The van der Waals surface area contributed by atoms with E-state index in [1.807, 2.05) is 0 Å². The molecule has 10 nitrogen and oxygen atoms in total. The van der Waals surface area contributed by atoms with Crippen molar-refractivity contribution in [2.75, 3.05) is 5.73 Å². The smallest absolute Gasteiger partial charge is 0.326 e. The number of carboxylic acids is 3. The molecule has 0 aromatic heterocycles. The van der Waals surface area contributed by atoms with E-state index in [4.69, 9.17) is 15.9 Å². The molecule has 0 aliphatic heterocycles. The van der Waals surface area contributed by atoms with Gasteiger partial charge in [-0.15, -0.1) is 0 Å². The van der Waals surface area contributed by atoms with Gasteiger partial charge < -0.3 is 31.7 Å². The Hall–Kier alpha value is -3.30. The van der Waals surface area contributed by atoms with Crippen LogP contribution in [0.5, 0.6) is 0 Å². The number of benzene rings is 1. The van der Waals surface area contributed by atoms with Gasteiger partial charge in [-0.3, -0.25) is 4.79 Å². The minimum atomic E-state index is -1.44. The summed E-state index contributed by atoms with van der Waals surface area (Å²) in [5.41, 5.74) is 6.65. The SMILES string of the molecule is Nc1ccc(C[C@H](NC(=O)NC(CCC(=O)O)C(=O)O)C(=O)O)cc1. The van der Waals surface area contributed by atoms with Gasteiger partial charge in [-0.25, -0.2) is 14.4 Å².